The van der Waals surface area contributed by atoms with Crippen LogP contribution in [0.15, 0.2) is 48.5 Å². The molecule has 0 aliphatic heterocycles. The third kappa shape index (κ3) is 6.39. The molecule has 6 nitrogen and oxygen atoms in total. The van der Waals surface area contributed by atoms with Crippen LogP contribution in [-0.4, -0.2) is 32.2 Å². The van der Waals surface area contributed by atoms with Crippen molar-refractivity contribution in [1.29, 1.82) is 0 Å². The van der Waals surface area contributed by atoms with E-state index in [0.29, 0.717) is 22.6 Å². The number of halogens is 2. The Hall–Kier alpha value is -3.42. The van der Waals surface area contributed by atoms with Crippen LogP contribution in [0.2, 0.25) is 0 Å². The Bertz CT molecular complexity index is 867. The van der Waals surface area contributed by atoms with Gasteiger partial charge in [0.05, 0.1) is 7.11 Å². The molecule has 0 aliphatic rings. The fourth-order valence-corrected chi connectivity index (χ4v) is 2.23. The first-order valence-electron chi connectivity index (χ1n) is 8.22. The fourth-order valence-electron chi connectivity index (χ4n) is 2.23. The molecule has 1 N–H and O–H groups in total. The predicted octanol–water partition coefficient (Wildman–Crippen LogP) is 3.80. The van der Waals surface area contributed by atoms with E-state index in [4.69, 9.17) is 4.74 Å². The molecule has 0 radical (unpaired) electrons. The second-order valence-corrected chi connectivity index (χ2v) is 5.58. The molecule has 2 aromatic rings. The number of carbonyl (C=O) groups excluding carboxylic acids is 2. The summed E-state index contributed by atoms with van der Waals surface area (Å²) in [4.78, 5) is 23.2. The predicted molar refractivity (Wildman–Crippen MR) is 99.4 cm³/mol. The summed E-state index contributed by atoms with van der Waals surface area (Å²) in [5.41, 5.74) is 1.60. The van der Waals surface area contributed by atoms with Gasteiger partial charge in [0.1, 0.15) is 11.5 Å². The molecule has 0 aliphatic carbocycles. The molecule has 0 fully saturated rings. The number of carbonyl (C=O) groups is 2. The third-order valence-corrected chi connectivity index (χ3v) is 3.59. The van der Waals surface area contributed by atoms with Crippen molar-refractivity contribution in [2.24, 2.45) is 0 Å². The minimum absolute atomic E-state index is 0.0233. The van der Waals surface area contributed by atoms with Gasteiger partial charge in [0.25, 0.3) is 0 Å². The van der Waals surface area contributed by atoms with E-state index in [1.54, 1.807) is 43.3 Å². The fraction of sp³-hybridized carbons (Fsp3) is 0.200. The molecular formula is C20H19F2NO5. The average molecular weight is 391 g/mol. The topological polar surface area (TPSA) is 73.9 Å². The summed E-state index contributed by atoms with van der Waals surface area (Å²) in [7, 11) is 1.26. The van der Waals surface area contributed by atoms with Crippen LogP contribution >= 0.6 is 0 Å². The number of alkyl halides is 2. The third-order valence-electron chi connectivity index (χ3n) is 3.59. The number of anilines is 1. The summed E-state index contributed by atoms with van der Waals surface area (Å²) in [5.74, 6) is -0.520. The Morgan fingerprint density at radius 3 is 2.61 bits per heavy atom. The molecule has 148 valence electrons. The number of amides is 1. The number of benzene rings is 2. The van der Waals surface area contributed by atoms with Gasteiger partial charge in [-0.05, 0) is 42.8 Å². The summed E-state index contributed by atoms with van der Waals surface area (Å²) in [5, 5.41) is 2.68. The first kappa shape index (κ1) is 20.9. The highest BCUT2D eigenvalue weighted by Crippen LogP contribution is 2.23. The number of hydrogen-bond donors (Lipinski definition) is 1. The van der Waals surface area contributed by atoms with Crippen LogP contribution in [0, 0.1) is 6.92 Å². The lowest BCUT2D eigenvalue weighted by Gasteiger charge is -2.10. The monoisotopic (exact) mass is 391 g/mol. The molecule has 2 aromatic carbocycles. The molecule has 8 heteroatoms. The SMILES string of the molecule is COC(=O)COc1ccc(NC(=O)C=Cc2ccccc2OC(F)F)c(C)c1. The van der Waals surface area contributed by atoms with Gasteiger partial charge >= 0.3 is 12.6 Å². The lowest BCUT2D eigenvalue weighted by Crippen LogP contribution is -2.13. The summed E-state index contributed by atoms with van der Waals surface area (Å²) < 4.78 is 39.0. The molecule has 2 rings (SSSR count). The molecule has 0 bridgehead atoms. The number of nitrogens with one attached hydrogen (secondary N) is 1. The first-order valence-corrected chi connectivity index (χ1v) is 8.22. The van der Waals surface area contributed by atoms with E-state index in [1.165, 1.54) is 25.3 Å². The summed E-state index contributed by atoms with van der Waals surface area (Å²) >= 11 is 0. The molecule has 1 amide bonds. The molecular weight excluding hydrogens is 372 g/mol. The van der Waals surface area contributed by atoms with Gasteiger partial charge in [-0.3, -0.25) is 4.79 Å². The van der Waals surface area contributed by atoms with Crippen LogP contribution in [0.1, 0.15) is 11.1 Å². The van der Waals surface area contributed by atoms with E-state index in [1.807, 2.05) is 0 Å². The Kier molecular flexibility index (Phi) is 7.50. The van der Waals surface area contributed by atoms with Crippen molar-refractivity contribution in [2.75, 3.05) is 19.0 Å². The van der Waals surface area contributed by atoms with Crippen molar-refractivity contribution >= 4 is 23.6 Å². The number of ether oxygens (including phenoxy) is 3. The molecule has 28 heavy (non-hydrogen) atoms. The highest BCUT2D eigenvalue weighted by atomic mass is 19.3. The maximum absolute atomic E-state index is 12.4. The quantitative estimate of drug-likeness (QED) is 0.547. The van der Waals surface area contributed by atoms with Crippen molar-refractivity contribution in [3.8, 4) is 11.5 Å². The molecule has 0 spiro atoms. The summed E-state index contributed by atoms with van der Waals surface area (Å²) in [6.07, 6.45) is 2.60. The molecule has 0 atom stereocenters. The van der Waals surface area contributed by atoms with Crippen molar-refractivity contribution in [1.82, 2.24) is 0 Å². The van der Waals surface area contributed by atoms with Crippen molar-refractivity contribution in [2.45, 2.75) is 13.5 Å². The molecule has 0 unspecified atom stereocenters. The highest BCUT2D eigenvalue weighted by molar-refractivity contribution is 6.02. The Morgan fingerprint density at radius 2 is 1.93 bits per heavy atom. The number of para-hydroxylation sites is 1. The van der Waals surface area contributed by atoms with Crippen LogP contribution < -0.4 is 14.8 Å². The normalized spacial score (nSPS) is 10.8. The van der Waals surface area contributed by atoms with Crippen molar-refractivity contribution in [3.05, 3.63) is 59.7 Å². The lowest BCUT2D eigenvalue weighted by molar-refractivity contribution is -0.142. The van der Waals surface area contributed by atoms with E-state index in [2.05, 4.69) is 14.8 Å². The second kappa shape index (κ2) is 10.1. The summed E-state index contributed by atoms with van der Waals surface area (Å²) in [6.45, 7) is -1.41. The smallest absolute Gasteiger partial charge is 0.387 e. The molecule has 0 heterocycles. The van der Waals surface area contributed by atoms with Crippen LogP contribution in [0.4, 0.5) is 14.5 Å². The van der Waals surface area contributed by atoms with E-state index in [0.717, 1.165) is 0 Å². The minimum atomic E-state index is -2.95. The standard InChI is InChI=1S/C20H19F2NO5/c1-13-11-15(27-12-19(25)26-2)8-9-16(13)23-18(24)10-7-14-5-3-4-6-17(14)28-20(21)22/h3-11,20H,12H2,1-2H3,(H,23,24). The molecule has 0 saturated carbocycles. The zero-order valence-electron chi connectivity index (χ0n) is 15.3. The largest absolute Gasteiger partial charge is 0.482 e. The van der Waals surface area contributed by atoms with E-state index >= 15 is 0 Å². The second-order valence-electron chi connectivity index (χ2n) is 5.58. The van der Waals surface area contributed by atoms with Gasteiger partial charge in [0, 0.05) is 17.3 Å². The number of rotatable bonds is 8. The summed E-state index contributed by atoms with van der Waals surface area (Å²) in [6, 6.07) is 11.0. The highest BCUT2D eigenvalue weighted by Gasteiger charge is 2.09. The zero-order valence-corrected chi connectivity index (χ0v) is 15.3. The average Bonchev–Trinajstić information content (AvgIpc) is 2.67. The van der Waals surface area contributed by atoms with Crippen molar-refractivity contribution in [3.63, 3.8) is 0 Å². The van der Waals surface area contributed by atoms with Gasteiger partial charge in [-0.15, -0.1) is 0 Å². The van der Waals surface area contributed by atoms with Gasteiger partial charge < -0.3 is 19.5 Å². The number of aryl methyl sites for hydroxylation is 1. The van der Waals surface area contributed by atoms with E-state index in [9.17, 15) is 18.4 Å². The number of hydrogen-bond acceptors (Lipinski definition) is 5. The Labute approximate surface area is 160 Å². The maximum atomic E-state index is 12.4. The van der Waals surface area contributed by atoms with Gasteiger partial charge in [-0.1, -0.05) is 18.2 Å². The maximum Gasteiger partial charge on any atom is 0.387 e. The molecule has 0 aromatic heterocycles. The van der Waals surface area contributed by atoms with Crippen molar-refractivity contribution < 1.29 is 32.6 Å². The zero-order chi connectivity index (χ0) is 20.5. The van der Waals surface area contributed by atoms with E-state index in [-0.39, 0.29) is 12.4 Å². The lowest BCUT2D eigenvalue weighted by atomic mass is 10.1. The number of methoxy groups -OCH3 is 1. The van der Waals surface area contributed by atoms with Gasteiger partial charge in [-0.2, -0.15) is 8.78 Å². The first-order chi connectivity index (χ1) is 13.4. The number of esters is 1. The van der Waals surface area contributed by atoms with Gasteiger partial charge in [0.2, 0.25) is 5.91 Å². The Morgan fingerprint density at radius 1 is 1.18 bits per heavy atom. The molecule has 0 saturated heterocycles. The van der Waals surface area contributed by atoms with Crippen LogP contribution in [0.5, 0.6) is 11.5 Å². The Balaban J connectivity index is 2.01. The van der Waals surface area contributed by atoms with Crippen LogP contribution in [0.25, 0.3) is 6.08 Å². The minimum Gasteiger partial charge on any atom is -0.482 e. The van der Waals surface area contributed by atoms with E-state index < -0.39 is 18.5 Å². The van der Waals surface area contributed by atoms with Crippen LogP contribution in [0.3, 0.4) is 0 Å². The van der Waals surface area contributed by atoms with Crippen LogP contribution in [-0.2, 0) is 14.3 Å². The van der Waals surface area contributed by atoms with Gasteiger partial charge in [0.15, 0.2) is 6.61 Å². The van der Waals surface area contributed by atoms with Gasteiger partial charge in [-0.25, -0.2) is 4.79 Å².